The molecule has 3 heterocycles. The van der Waals surface area contributed by atoms with Gasteiger partial charge in [0.1, 0.15) is 0 Å². The SMILES string of the molecule is O=C(c1ccc(-c2cccs2)nc1)c1cccs1. The molecule has 0 aliphatic carbocycles. The van der Waals surface area contributed by atoms with Gasteiger partial charge in [0.2, 0.25) is 5.78 Å². The fourth-order valence-corrected chi connectivity index (χ4v) is 3.04. The Morgan fingerprint density at radius 1 is 1.00 bits per heavy atom. The van der Waals surface area contributed by atoms with E-state index in [1.165, 1.54) is 11.3 Å². The molecule has 0 radical (unpaired) electrons. The number of carbonyl (C=O) groups excluding carboxylic acids is 1. The van der Waals surface area contributed by atoms with Crippen LogP contribution >= 0.6 is 22.7 Å². The van der Waals surface area contributed by atoms with E-state index in [1.54, 1.807) is 17.5 Å². The third-order valence-electron chi connectivity index (χ3n) is 2.54. The van der Waals surface area contributed by atoms with Gasteiger partial charge in [-0.15, -0.1) is 22.7 Å². The van der Waals surface area contributed by atoms with Crippen LogP contribution in [0.5, 0.6) is 0 Å². The van der Waals surface area contributed by atoms with Crippen LogP contribution in [0.2, 0.25) is 0 Å². The topological polar surface area (TPSA) is 30.0 Å². The monoisotopic (exact) mass is 271 g/mol. The van der Waals surface area contributed by atoms with Crippen molar-refractivity contribution in [3.63, 3.8) is 0 Å². The summed E-state index contributed by atoms with van der Waals surface area (Å²) in [5.74, 6) is 0.0372. The van der Waals surface area contributed by atoms with E-state index in [-0.39, 0.29) is 5.78 Å². The number of nitrogens with zero attached hydrogens (tertiary/aromatic N) is 1. The van der Waals surface area contributed by atoms with Crippen LogP contribution in [0.4, 0.5) is 0 Å². The second kappa shape index (κ2) is 4.84. The first-order chi connectivity index (χ1) is 8.84. The molecule has 3 aromatic rings. The molecule has 0 aliphatic heterocycles. The molecule has 0 aromatic carbocycles. The zero-order chi connectivity index (χ0) is 12.4. The van der Waals surface area contributed by atoms with Crippen LogP contribution in [0.15, 0.2) is 53.4 Å². The number of aromatic nitrogens is 1. The summed E-state index contributed by atoms with van der Waals surface area (Å²) in [6, 6.07) is 11.5. The highest BCUT2D eigenvalue weighted by atomic mass is 32.1. The van der Waals surface area contributed by atoms with Gasteiger partial charge in [-0.2, -0.15) is 0 Å². The fraction of sp³-hybridized carbons (Fsp3) is 0. The van der Waals surface area contributed by atoms with E-state index >= 15 is 0 Å². The van der Waals surface area contributed by atoms with Gasteiger partial charge in [0.05, 0.1) is 15.4 Å². The Bertz CT molecular complexity index is 640. The van der Waals surface area contributed by atoms with Crippen molar-refractivity contribution < 1.29 is 4.79 Å². The van der Waals surface area contributed by atoms with Crippen molar-refractivity contribution in [2.45, 2.75) is 0 Å². The number of carbonyl (C=O) groups is 1. The molecule has 3 aromatic heterocycles. The second-order valence-corrected chi connectivity index (χ2v) is 5.61. The molecule has 0 unspecified atom stereocenters. The third kappa shape index (κ3) is 2.12. The summed E-state index contributed by atoms with van der Waals surface area (Å²) in [7, 11) is 0. The smallest absolute Gasteiger partial charge is 0.204 e. The van der Waals surface area contributed by atoms with E-state index in [0.29, 0.717) is 5.56 Å². The van der Waals surface area contributed by atoms with Crippen LogP contribution in [0.25, 0.3) is 10.6 Å². The summed E-state index contributed by atoms with van der Waals surface area (Å²) in [5.41, 5.74) is 1.55. The van der Waals surface area contributed by atoms with Gasteiger partial charge in [0, 0.05) is 11.8 Å². The highest BCUT2D eigenvalue weighted by Crippen LogP contribution is 2.23. The molecule has 2 nitrogen and oxygen atoms in total. The minimum absolute atomic E-state index is 0.0372. The summed E-state index contributed by atoms with van der Waals surface area (Å²) in [6.45, 7) is 0. The third-order valence-corrected chi connectivity index (χ3v) is 4.31. The summed E-state index contributed by atoms with van der Waals surface area (Å²) in [4.78, 5) is 18.3. The van der Waals surface area contributed by atoms with Gasteiger partial charge in [0.15, 0.2) is 0 Å². The maximum Gasteiger partial charge on any atom is 0.204 e. The van der Waals surface area contributed by atoms with Gasteiger partial charge in [-0.1, -0.05) is 12.1 Å². The van der Waals surface area contributed by atoms with Crippen molar-refractivity contribution in [3.8, 4) is 10.6 Å². The van der Waals surface area contributed by atoms with Crippen LogP contribution in [0.3, 0.4) is 0 Å². The molecule has 0 atom stereocenters. The molecule has 0 saturated carbocycles. The number of pyridine rings is 1. The summed E-state index contributed by atoms with van der Waals surface area (Å²) in [6.07, 6.45) is 1.65. The largest absolute Gasteiger partial charge is 0.288 e. The first-order valence-electron chi connectivity index (χ1n) is 5.43. The first-order valence-corrected chi connectivity index (χ1v) is 7.18. The number of rotatable bonds is 3. The van der Waals surface area contributed by atoms with Crippen LogP contribution in [-0.4, -0.2) is 10.8 Å². The number of ketones is 1. The fourth-order valence-electron chi connectivity index (χ4n) is 1.65. The lowest BCUT2D eigenvalue weighted by Crippen LogP contribution is -1.99. The summed E-state index contributed by atoms with van der Waals surface area (Å²) < 4.78 is 0. The predicted octanol–water partition coefficient (Wildman–Crippen LogP) is 4.10. The van der Waals surface area contributed by atoms with Crippen molar-refractivity contribution in [1.82, 2.24) is 4.98 Å². The van der Waals surface area contributed by atoms with Crippen molar-refractivity contribution >= 4 is 28.5 Å². The van der Waals surface area contributed by atoms with Crippen molar-refractivity contribution in [3.05, 3.63) is 63.8 Å². The van der Waals surface area contributed by atoms with Gasteiger partial charge in [-0.3, -0.25) is 9.78 Å². The van der Waals surface area contributed by atoms with E-state index in [2.05, 4.69) is 4.98 Å². The highest BCUT2D eigenvalue weighted by Gasteiger charge is 2.10. The maximum atomic E-state index is 12.1. The molecule has 88 valence electrons. The molecule has 0 saturated heterocycles. The van der Waals surface area contributed by atoms with Crippen LogP contribution < -0.4 is 0 Å². The normalized spacial score (nSPS) is 10.4. The lowest BCUT2D eigenvalue weighted by atomic mass is 10.1. The first kappa shape index (κ1) is 11.3. The predicted molar refractivity (Wildman–Crippen MR) is 75.3 cm³/mol. The van der Waals surface area contributed by atoms with Gasteiger partial charge in [-0.25, -0.2) is 0 Å². The molecule has 0 amide bonds. The Morgan fingerprint density at radius 3 is 2.44 bits per heavy atom. The molecule has 0 aliphatic rings. The second-order valence-electron chi connectivity index (χ2n) is 3.72. The lowest BCUT2D eigenvalue weighted by molar-refractivity contribution is 0.104. The van der Waals surface area contributed by atoms with Crippen molar-refractivity contribution in [2.75, 3.05) is 0 Å². The summed E-state index contributed by atoms with van der Waals surface area (Å²) >= 11 is 3.10. The molecule has 4 heteroatoms. The van der Waals surface area contributed by atoms with Crippen LogP contribution in [-0.2, 0) is 0 Å². The minimum Gasteiger partial charge on any atom is -0.288 e. The number of hydrogen-bond acceptors (Lipinski definition) is 4. The van der Waals surface area contributed by atoms with Gasteiger partial charge in [-0.05, 0) is 35.0 Å². The van der Waals surface area contributed by atoms with Crippen molar-refractivity contribution in [2.24, 2.45) is 0 Å². The quantitative estimate of drug-likeness (QED) is 0.671. The minimum atomic E-state index is 0.0372. The molecule has 0 fully saturated rings. The Hall–Kier alpha value is -1.78. The van der Waals surface area contributed by atoms with E-state index in [0.717, 1.165) is 15.4 Å². The van der Waals surface area contributed by atoms with E-state index in [1.807, 2.05) is 47.2 Å². The Morgan fingerprint density at radius 2 is 1.83 bits per heavy atom. The van der Waals surface area contributed by atoms with Crippen LogP contribution in [0.1, 0.15) is 15.2 Å². The number of thiophene rings is 2. The standard InChI is InChI=1S/C14H9NOS2/c16-14(13-4-2-8-18-13)10-5-6-11(15-9-10)12-3-1-7-17-12/h1-9H. The average molecular weight is 271 g/mol. The van der Waals surface area contributed by atoms with Crippen LogP contribution in [0, 0.1) is 0 Å². The molecule has 0 bridgehead atoms. The Labute approximate surface area is 113 Å². The molecule has 3 rings (SSSR count). The molecule has 18 heavy (non-hydrogen) atoms. The van der Waals surface area contributed by atoms with Gasteiger partial charge >= 0.3 is 0 Å². The summed E-state index contributed by atoms with van der Waals surface area (Å²) in [5, 5.41) is 3.92. The van der Waals surface area contributed by atoms with E-state index in [9.17, 15) is 4.79 Å². The maximum absolute atomic E-state index is 12.1. The van der Waals surface area contributed by atoms with Crippen molar-refractivity contribution in [1.29, 1.82) is 0 Å². The Balaban J connectivity index is 1.90. The zero-order valence-corrected chi connectivity index (χ0v) is 11.0. The highest BCUT2D eigenvalue weighted by molar-refractivity contribution is 7.13. The van der Waals surface area contributed by atoms with Gasteiger partial charge < -0.3 is 0 Å². The molecular formula is C14H9NOS2. The average Bonchev–Trinajstić information content (AvgIpc) is 3.11. The molecular weight excluding hydrogens is 262 g/mol. The lowest BCUT2D eigenvalue weighted by Gasteiger charge is -2.00. The zero-order valence-electron chi connectivity index (χ0n) is 9.37. The van der Waals surface area contributed by atoms with E-state index in [4.69, 9.17) is 0 Å². The molecule has 0 N–H and O–H groups in total. The number of hydrogen-bond donors (Lipinski definition) is 0. The van der Waals surface area contributed by atoms with Gasteiger partial charge in [0.25, 0.3) is 0 Å². The van der Waals surface area contributed by atoms with E-state index < -0.39 is 0 Å². The molecule has 0 spiro atoms. The Kier molecular flexibility index (Phi) is 3.04.